The molecule has 178 valence electrons. The number of hydrogen-bond donors (Lipinski definition) is 2. The molecule has 0 saturated carbocycles. The van der Waals surface area contributed by atoms with E-state index >= 15 is 0 Å². The minimum atomic E-state index is -3.67. The molecule has 1 aliphatic heterocycles. The second-order valence-electron chi connectivity index (χ2n) is 8.27. The van der Waals surface area contributed by atoms with Gasteiger partial charge in [0.15, 0.2) is 15.4 Å². The number of aryl methyl sites for hydroxylation is 2. The van der Waals surface area contributed by atoms with Crippen molar-refractivity contribution < 1.29 is 13.2 Å². The summed E-state index contributed by atoms with van der Waals surface area (Å²) in [4.78, 5) is 22.5. The van der Waals surface area contributed by atoms with Crippen molar-refractivity contribution in [1.82, 2.24) is 30.0 Å². The van der Waals surface area contributed by atoms with Crippen LogP contribution in [0.5, 0.6) is 5.75 Å². The number of fused-ring (bicyclic) bond motifs is 1. The van der Waals surface area contributed by atoms with Crippen molar-refractivity contribution in [2.75, 3.05) is 33.3 Å². The molecule has 11 heteroatoms. The maximum absolute atomic E-state index is 13.4. The fourth-order valence-corrected chi connectivity index (χ4v) is 5.82. The Labute approximate surface area is 192 Å². The minimum absolute atomic E-state index is 0.150. The van der Waals surface area contributed by atoms with Crippen molar-refractivity contribution in [3.05, 3.63) is 34.2 Å². The number of nitrogens with one attached hydrogen (secondary N) is 2. The third-order valence-corrected chi connectivity index (χ3v) is 7.78. The topological polar surface area (TPSA) is 122 Å². The van der Waals surface area contributed by atoms with E-state index in [4.69, 9.17) is 9.72 Å². The Balaban J connectivity index is 1.87. The van der Waals surface area contributed by atoms with Crippen LogP contribution in [0.25, 0.3) is 22.4 Å². The van der Waals surface area contributed by atoms with Gasteiger partial charge in [-0.3, -0.25) is 14.8 Å². The molecule has 3 aromatic rings. The number of H-pyrrole nitrogens is 1. The van der Waals surface area contributed by atoms with Gasteiger partial charge in [-0.1, -0.05) is 13.3 Å². The number of aromatic amines is 1. The van der Waals surface area contributed by atoms with Gasteiger partial charge in [-0.05, 0) is 38.6 Å². The molecular formula is C22H30N6O4S. The summed E-state index contributed by atoms with van der Waals surface area (Å²) >= 11 is 0. The first-order valence-corrected chi connectivity index (χ1v) is 12.7. The van der Waals surface area contributed by atoms with Crippen LogP contribution in [0.15, 0.2) is 27.9 Å². The number of nitrogens with zero attached hydrogens (tertiary/aromatic N) is 4. The number of rotatable bonds is 7. The Morgan fingerprint density at radius 1 is 1.24 bits per heavy atom. The Bertz CT molecular complexity index is 1330. The van der Waals surface area contributed by atoms with Gasteiger partial charge in [0, 0.05) is 26.7 Å². The van der Waals surface area contributed by atoms with Crippen molar-refractivity contribution in [2.24, 2.45) is 7.05 Å². The summed E-state index contributed by atoms with van der Waals surface area (Å²) in [6, 6.07) is 4.71. The second kappa shape index (κ2) is 9.24. The van der Waals surface area contributed by atoms with Crippen LogP contribution in [0.3, 0.4) is 0 Å². The third kappa shape index (κ3) is 4.40. The van der Waals surface area contributed by atoms with Gasteiger partial charge < -0.3 is 14.6 Å². The number of benzene rings is 1. The van der Waals surface area contributed by atoms with Crippen LogP contribution >= 0.6 is 0 Å². The summed E-state index contributed by atoms with van der Waals surface area (Å²) in [5.41, 5.74) is 1.73. The standard InChI is InChI=1S/C22H30N6O4S/c1-5-7-16-19-20(28(4)26-16)22(29)25-21(24-19)15-12-14(8-9-17(15)32-6-2)33(30,31)18-13-27(3)11-10-23-18/h8-9,12,18,23H,5-7,10-11,13H2,1-4H3,(H,24,25,29). The fraction of sp³-hybridized carbons (Fsp3) is 0.500. The van der Waals surface area contributed by atoms with Crippen LogP contribution in [0.1, 0.15) is 26.0 Å². The molecule has 1 fully saturated rings. The zero-order chi connectivity index (χ0) is 23.8. The summed E-state index contributed by atoms with van der Waals surface area (Å²) in [5.74, 6) is 0.709. The normalized spacial score (nSPS) is 17.5. The van der Waals surface area contributed by atoms with Gasteiger partial charge in [0.1, 0.15) is 22.5 Å². The van der Waals surface area contributed by atoms with Crippen LogP contribution < -0.4 is 15.6 Å². The highest BCUT2D eigenvalue weighted by molar-refractivity contribution is 7.92. The largest absolute Gasteiger partial charge is 0.493 e. The molecule has 1 atom stereocenters. The smallest absolute Gasteiger partial charge is 0.277 e. The van der Waals surface area contributed by atoms with E-state index in [2.05, 4.69) is 15.4 Å². The molecule has 1 aliphatic rings. The van der Waals surface area contributed by atoms with Gasteiger partial charge in [0.25, 0.3) is 5.56 Å². The zero-order valence-corrected chi connectivity index (χ0v) is 20.2. The Hall–Kier alpha value is -2.76. The molecule has 2 N–H and O–H groups in total. The lowest BCUT2D eigenvalue weighted by Crippen LogP contribution is -2.52. The zero-order valence-electron chi connectivity index (χ0n) is 19.4. The quantitative estimate of drug-likeness (QED) is 0.526. The number of piperazine rings is 1. The van der Waals surface area contributed by atoms with Gasteiger partial charge in [-0.25, -0.2) is 13.4 Å². The second-order valence-corrected chi connectivity index (χ2v) is 10.4. The monoisotopic (exact) mass is 474 g/mol. The summed E-state index contributed by atoms with van der Waals surface area (Å²) in [6.45, 7) is 6.04. The Morgan fingerprint density at radius 3 is 2.73 bits per heavy atom. The van der Waals surface area contributed by atoms with E-state index in [1.165, 1.54) is 10.7 Å². The average molecular weight is 475 g/mol. The maximum Gasteiger partial charge on any atom is 0.277 e. The lowest BCUT2D eigenvalue weighted by molar-refractivity contribution is 0.272. The van der Waals surface area contributed by atoms with E-state index in [-0.39, 0.29) is 16.3 Å². The molecule has 0 spiro atoms. The van der Waals surface area contributed by atoms with Gasteiger partial charge in [0.05, 0.1) is 22.8 Å². The van der Waals surface area contributed by atoms with Crippen molar-refractivity contribution in [1.29, 1.82) is 0 Å². The van der Waals surface area contributed by atoms with Crippen LogP contribution in [0.2, 0.25) is 0 Å². The molecule has 10 nitrogen and oxygen atoms in total. The summed E-state index contributed by atoms with van der Waals surface area (Å²) < 4.78 is 34.0. The molecule has 2 aromatic heterocycles. The molecule has 0 aliphatic carbocycles. The number of likely N-dealkylation sites (N-methyl/N-ethyl adjacent to an activating group) is 1. The molecule has 33 heavy (non-hydrogen) atoms. The van der Waals surface area contributed by atoms with Crippen molar-refractivity contribution in [2.45, 2.75) is 37.0 Å². The molecular weight excluding hydrogens is 444 g/mol. The Kier molecular flexibility index (Phi) is 6.55. The van der Waals surface area contributed by atoms with Crippen LogP contribution in [-0.4, -0.2) is 71.7 Å². The number of sulfone groups is 1. The number of ether oxygens (including phenoxy) is 1. The van der Waals surface area contributed by atoms with E-state index in [1.807, 2.05) is 25.8 Å². The first kappa shape index (κ1) is 23.4. The lowest BCUT2D eigenvalue weighted by Gasteiger charge is -2.30. The van der Waals surface area contributed by atoms with Crippen molar-refractivity contribution >= 4 is 20.9 Å². The van der Waals surface area contributed by atoms with Gasteiger partial charge >= 0.3 is 0 Å². The molecule has 1 saturated heterocycles. The predicted molar refractivity (Wildman–Crippen MR) is 126 cm³/mol. The highest BCUT2D eigenvalue weighted by Crippen LogP contribution is 2.32. The first-order chi connectivity index (χ1) is 15.8. The SMILES string of the molecule is CCCc1nn(C)c2c(=O)[nH]c(-c3cc(S(=O)(=O)C4CN(C)CCN4)ccc3OCC)nc12. The molecule has 0 bridgehead atoms. The summed E-state index contributed by atoms with van der Waals surface area (Å²) in [7, 11) is -0.0522. The van der Waals surface area contributed by atoms with Crippen LogP contribution in [0, 0.1) is 0 Å². The highest BCUT2D eigenvalue weighted by atomic mass is 32.2. The van der Waals surface area contributed by atoms with Gasteiger partial charge in [-0.2, -0.15) is 5.10 Å². The Morgan fingerprint density at radius 2 is 2.03 bits per heavy atom. The van der Waals surface area contributed by atoms with E-state index in [9.17, 15) is 13.2 Å². The number of hydrogen-bond acceptors (Lipinski definition) is 8. The van der Waals surface area contributed by atoms with Crippen LogP contribution in [0.4, 0.5) is 0 Å². The number of aromatic nitrogens is 4. The van der Waals surface area contributed by atoms with E-state index in [0.717, 1.165) is 18.7 Å². The average Bonchev–Trinajstić information content (AvgIpc) is 3.10. The molecule has 1 unspecified atom stereocenters. The molecule has 0 radical (unpaired) electrons. The summed E-state index contributed by atoms with van der Waals surface area (Å²) in [6.07, 6.45) is 1.54. The van der Waals surface area contributed by atoms with Gasteiger partial charge in [0.2, 0.25) is 0 Å². The molecule has 3 heterocycles. The van der Waals surface area contributed by atoms with Crippen LogP contribution in [-0.2, 0) is 23.3 Å². The maximum atomic E-state index is 13.4. The molecule has 0 amide bonds. The fourth-order valence-electron chi connectivity index (χ4n) is 4.16. The van der Waals surface area contributed by atoms with Gasteiger partial charge in [-0.15, -0.1) is 0 Å². The predicted octanol–water partition coefficient (Wildman–Crippen LogP) is 1.31. The minimum Gasteiger partial charge on any atom is -0.493 e. The van der Waals surface area contributed by atoms with E-state index in [1.54, 1.807) is 19.2 Å². The lowest BCUT2D eigenvalue weighted by atomic mass is 10.1. The van der Waals surface area contributed by atoms with Crippen molar-refractivity contribution in [3.63, 3.8) is 0 Å². The third-order valence-electron chi connectivity index (χ3n) is 5.80. The van der Waals surface area contributed by atoms with E-state index in [0.29, 0.717) is 48.5 Å². The van der Waals surface area contributed by atoms with E-state index < -0.39 is 15.2 Å². The van der Waals surface area contributed by atoms with Crippen molar-refractivity contribution in [3.8, 4) is 17.1 Å². The summed E-state index contributed by atoms with van der Waals surface area (Å²) in [5, 5.41) is 6.84. The highest BCUT2D eigenvalue weighted by Gasteiger charge is 2.31. The molecule has 4 rings (SSSR count). The molecule has 1 aromatic carbocycles. The first-order valence-electron chi connectivity index (χ1n) is 11.1.